The molecule has 2 aliphatic rings. The minimum absolute atomic E-state index is 0.0974. The van der Waals surface area contributed by atoms with Crippen molar-refractivity contribution in [3.8, 4) is 6.01 Å². The molecule has 1 unspecified atom stereocenters. The Labute approximate surface area is 199 Å². The van der Waals surface area contributed by atoms with Crippen LogP contribution in [0.15, 0.2) is 35.4 Å². The van der Waals surface area contributed by atoms with Crippen LogP contribution in [0, 0.1) is 6.92 Å². The fourth-order valence-corrected chi connectivity index (χ4v) is 5.92. The first-order valence-electron chi connectivity index (χ1n) is 11.4. The van der Waals surface area contributed by atoms with Gasteiger partial charge in [-0.2, -0.15) is 9.29 Å². The molecule has 2 aromatic rings. The highest BCUT2D eigenvalue weighted by atomic mass is 32.2. The van der Waals surface area contributed by atoms with Crippen molar-refractivity contribution in [1.82, 2.24) is 24.9 Å². The van der Waals surface area contributed by atoms with Gasteiger partial charge in [0.1, 0.15) is 6.04 Å². The second-order valence-corrected chi connectivity index (χ2v) is 10.3. The fourth-order valence-electron chi connectivity index (χ4n) is 4.33. The molecular weight excluding hydrogens is 458 g/mol. The fraction of sp³-hybridized carbons (Fsp3) is 0.478. The van der Waals surface area contributed by atoms with Gasteiger partial charge in [-0.1, -0.05) is 17.7 Å². The summed E-state index contributed by atoms with van der Waals surface area (Å²) in [5, 5.41) is 5.63. The molecule has 1 aromatic heterocycles. The largest absolute Gasteiger partial charge is 0.464 e. The van der Waals surface area contributed by atoms with E-state index < -0.39 is 27.9 Å². The molecule has 34 heavy (non-hydrogen) atoms. The Kier molecular flexibility index (Phi) is 7.13. The van der Waals surface area contributed by atoms with Gasteiger partial charge in [0, 0.05) is 24.8 Å². The van der Waals surface area contributed by atoms with Gasteiger partial charge in [-0.3, -0.25) is 9.59 Å². The van der Waals surface area contributed by atoms with Crippen molar-refractivity contribution in [2.75, 3.05) is 19.7 Å². The first-order chi connectivity index (χ1) is 16.3. The van der Waals surface area contributed by atoms with Crippen molar-refractivity contribution in [2.24, 2.45) is 0 Å². The third kappa shape index (κ3) is 5.05. The maximum atomic E-state index is 13.3. The molecule has 2 atom stereocenters. The molecule has 0 bridgehead atoms. The predicted octanol–water partition coefficient (Wildman–Crippen LogP) is 1.26. The Balaban J connectivity index is 1.50. The van der Waals surface area contributed by atoms with Gasteiger partial charge >= 0.3 is 6.01 Å². The first-order valence-corrected chi connectivity index (χ1v) is 12.9. The standard InChI is InChI=1S/C23H29N5O5S/c1-3-33-23-25-14-17-18(5-4-6-19(17)27-23)26-21(29)13-20-22(30)24-11-12-28(20)34(31,32)16-9-7-15(2)8-10-16/h7-10,14,18,20H,3-6,11-13H2,1-2H3,(H,24,30)(H,26,29)/t18?,20-/m1/s1. The van der Waals surface area contributed by atoms with Gasteiger partial charge in [-0.05, 0) is 45.2 Å². The van der Waals surface area contributed by atoms with E-state index in [0.717, 1.165) is 34.0 Å². The van der Waals surface area contributed by atoms with Crippen molar-refractivity contribution in [1.29, 1.82) is 0 Å². The van der Waals surface area contributed by atoms with Crippen LogP contribution in [0.25, 0.3) is 0 Å². The number of aromatic nitrogens is 2. The van der Waals surface area contributed by atoms with E-state index in [1.807, 2.05) is 13.8 Å². The Bertz CT molecular complexity index is 1170. The molecule has 2 amide bonds. The number of fused-ring (bicyclic) bond motifs is 1. The van der Waals surface area contributed by atoms with Crippen molar-refractivity contribution in [3.63, 3.8) is 0 Å². The monoisotopic (exact) mass is 487 g/mol. The van der Waals surface area contributed by atoms with Crippen molar-refractivity contribution in [2.45, 2.75) is 56.5 Å². The molecule has 182 valence electrons. The smallest absolute Gasteiger partial charge is 0.316 e. The van der Waals surface area contributed by atoms with Gasteiger partial charge in [-0.15, -0.1) is 0 Å². The van der Waals surface area contributed by atoms with Crippen LogP contribution in [0.1, 0.15) is 49.0 Å². The zero-order valence-corrected chi connectivity index (χ0v) is 20.1. The summed E-state index contributed by atoms with van der Waals surface area (Å²) in [6, 6.07) is 5.33. The van der Waals surface area contributed by atoms with Crippen LogP contribution in [0.2, 0.25) is 0 Å². The third-order valence-corrected chi connectivity index (χ3v) is 7.98. The number of aryl methyl sites for hydroxylation is 2. The summed E-state index contributed by atoms with van der Waals surface area (Å²) in [5.41, 5.74) is 2.57. The number of benzene rings is 1. The molecule has 2 heterocycles. The highest BCUT2D eigenvalue weighted by molar-refractivity contribution is 7.89. The molecule has 1 aliphatic heterocycles. The Morgan fingerprint density at radius 2 is 2.06 bits per heavy atom. The summed E-state index contributed by atoms with van der Waals surface area (Å²) in [7, 11) is -3.94. The number of hydrogen-bond donors (Lipinski definition) is 2. The summed E-state index contributed by atoms with van der Waals surface area (Å²) < 4.78 is 33.0. The lowest BCUT2D eigenvalue weighted by Gasteiger charge is -2.34. The average molecular weight is 488 g/mol. The van der Waals surface area contributed by atoms with E-state index in [0.29, 0.717) is 19.0 Å². The Morgan fingerprint density at radius 3 is 2.79 bits per heavy atom. The van der Waals surface area contributed by atoms with E-state index in [1.54, 1.807) is 18.3 Å². The number of nitrogens with zero attached hydrogens (tertiary/aromatic N) is 3. The SMILES string of the molecule is CCOc1ncc2c(n1)CCCC2NC(=O)C[C@@H]1C(=O)NCCN1S(=O)(=O)c1ccc(C)cc1. The molecular formula is C23H29N5O5S. The van der Waals surface area contributed by atoms with Gasteiger partial charge in [0.05, 0.1) is 29.7 Å². The molecule has 2 N–H and O–H groups in total. The number of ether oxygens (including phenoxy) is 1. The van der Waals surface area contributed by atoms with Crippen molar-refractivity contribution >= 4 is 21.8 Å². The van der Waals surface area contributed by atoms with Crippen LogP contribution >= 0.6 is 0 Å². The molecule has 1 aromatic carbocycles. The minimum atomic E-state index is -3.94. The van der Waals surface area contributed by atoms with E-state index in [9.17, 15) is 18.0 Å². The maximum Gasteiger partial charge on any atom is 0.316 e. The number of amides is 2. The second kappa shape index (κ2) is 10.1. The van der Waals surface area contributed by atoms with E-state index in [2.05, 4.69) is 20.6 Å². The quantitative estimate of drug-likeness (QED) is 0.601. The number of hydrogen-bond acceptors (Lipinski definition) is 7. The normalized spacial score (nSPS) is 20.8. The topological polar surface area (TPSA) is 131 Å². The molecule has 0 spiro atoms. The number of rotatable bonds is 7. The molecule has 1 fully saturated rings. The molecule has 11 heteroatoms. The average Bonchev–Trinajstić information content (AvgIpc) is 2.81. The Hall–Kier alpha value is -3.05. The van der Waals surface area contributed by atoms with Crippen LogP contribution in [0.4, 0.5) is 0 Å². The van der Waals surface area contributed by atoms with Gasteiger partial charge in [-0.25, -0.2) is 13.4 Å². The molecule has 4 rings (SSSR count). The van der Waals surface area contributed by atoms with E-state index in [1.165, 1.54) is 12.1 Å². The Morgan fingerprint density at radius 1 is 1.29 bits per heavy atom. The molecule has 1 aliphatic carbocycles. The van der Waals surface area contributed by atoms with E-state index >= 15 is 0 Å². The van der Waals surface area contributed by atoms with Gasteiger partial charge in [0.2, 0.25) is 21.8 Å². The maximum absolute atomic E-state index is 13.3. The number of sulfonamides is 1. The zero-order valence-electron chi connectivity index (χ0n) is 19.3. The summed E-state index contributed by atoms with van der Waals surface area (Å²) in [6.45, 7) is 4.47. The summed E-state index contributed by atoms with van der Waals surface area (Å²) in [5.74, 6) is -0.885. The van der Waals surface area contributed by atoms with Gasteiger partial charge in [0.15, 0.2) is 0 Å². The minimum Gasteiger partial charge on any atom is -0.464 e. The summed E-state index contributed by atoms with van der Waals surface area (Å²) >= 11 is 0. The predicted molar refractivity (Wildman–Crippen MR) is 124 cm³/mol. The molecule has 10 nitrogen and oxygen atoms in total. The highest BCUT2D eigenvalue weighted by Gasteiger charge is 2.40. The second-order valence-electron chi connectivity index (χ2n) is 8.44. The molecule has 0 saturated carbocycles. The number of piperazine rings is 1. The van der Waals surface area contributed by atoms with Crippen LogP contribution in [0.5, 0.6) is 6.01 Å². The summed E-state index contributed by atoms with van der Waals surface area (Å²) in [4.78, 5) is 34.4. The van der Waals surface area contributed by atoms with Crippen LogP contribution < -0.4 is 15.4 Å². The van der Waals surface area contributed by atoms with Gasteiger partial charge in [0.25, 0.3) is 0 Å². The number of nitrogens with one attached hydrogen (secondary N) is 2. The van der Waals surface area contributed by atoms with Gasteiger partial charge < -0.3 is 15.4 Å². The lowest BCUT2D eigenvalue weighted by molar-refractivity contribution is -0.132. The lowest BCUT2D eigenvalue weighted by atomic mass is 9.92. The molecule has 0 radical (unpaired) electrons. The van der Waals surface area contributed by atoms with Crippen LogP contribution in [0.3, 0.4) is 0 Å². The highest BCUT2D eigenvalue weighted by Crippen LogP contribution is 2.29. The number of carbonyl (C=O) groups excluding carboxylic acids is 2. The summed E-state index contributed by atoms with van der Waals surface area (Å²) in [6.07, 6.45) is 3.69. The van der Waals surface area contributed by atoms with Crippen molar-refractivity contribution in [3.05, 3.63) is 47.3 Å². The van der Waals surface area contributed by atoms with Crippen LogP contribution in [-0.2, 0) is 26.0 Å². The lowest BCUT2D eigenvalue weighted by Crippen LogP contribution is -2.58. The molecule has 1 saturated heterocycles. The van der Waals surface area contributed by atoms with Crippen LogP contribution in [-0.4, -0.2) is 60.2 Å². The zero-order chi connectivity index (χ0) is 24.3. The third-order valence-electron chi connectivity index (χ3n) is 6.06. The first kappa shape index (κ1) is 24.1. The van der Waals surface area contributed by atoms with Crippen molar-refractivity contribution < 1.29 is 22.7 Å². The van der Waals surface area contributed by atoms with E-state index in [4.69, 9.17) is 4.74 Å². The number of carbonyl (C=O) groups is 2. The van der Waals surface area contributed by atoms with E-state index in [-0.39, 0.29) is 30.4 Å².